The first kappa shape index (κ1) is 24.5. The SMILES string of the molecule is C[C@H]1C(=O)N[C@@H](Cc2ccccc2)C(=O)N1C(COCc1ccccc1)C(=O)NC(C)(C)C. The number of benzene rings is 2. The minimum Gasteiger partial charge on any atom is -0.374 e. The van der Waals surface area contributed by atoms with Crippen LogP contribution in [0.15, 0.2) is 60.7 Å². The van der Waals surface area contributed by atoms with Gasteiger partial charge in [0.25, 0.3) is 0 Å². The summed E-state index contributed by atoms with van der Waals surface area (Å²) in [7, 11) is 0. The van der Waals surface area contributed by atoms with E-state index in [0.717, 1.165) is 11.1 Å². The highest BCUT2D eigenvalue weighted by atomic mass is 16.5. The molecule has 1 unspecified atom stereocenters. The molecule has 3 atom stereocenters. The van der Waals surface area contributed by atoms with Gasteiger partial charge in [-0.1, -0.05) is 60.7 Å². The molecule has 0 aromatic heterocycles. The summed E-state index contributed by atoms with van der Waals surface area (Å²) in [5.41, 5.74) is 1.40. The van der Waals surface area contributed by atoms with Gasteiger partial charge >= 0.3 is 0 Å². The highest BCUT2D eigenvalue weighted by Gasteiger charge is 2.44. The lowest BCUT2D eigenvalue weighted by Gasteiger charge is -2.42. The molecule has 0 spiro atoms. The van der Waals surface area contributed by atoms with E-state index in [9.17, 15) is 14.4 Å². The van der Waals surface area contributed by atoms with Crippen LogP contribution in [0.1, 0.15) is 38.8 Å². The summed E-state index contributed by atoms with van der Waals surface area (Å²) in [6, 6.07) is 16.7. The Labute approximate surface area is 195 Å². The van der Waals surface area contributed by atoms with E-state index in [0.29, 0.717) is 13.0 Å². The number of amides is 3. The monoisotopic (exact) mass is 451 g/mol. The van der Waals surface area contributed by atoms with E-state index in [1.165, 1.54) is 4.90 Å². The molecule has 3 amide bonds. The second-order valence-electron chi connectivity index (χ2n) is 9.43. The molecule has 0 saturated carbocycles. The molecule has 7 nitrogen and oxygen atoms in total. The summed E-state index contributed by atoms with van der Waals surface area (Å²) in [6.45, 7) is 7.55. The van der Waals surface area contributed by atoms with Crippen LogP contribution >= 0.6 is 0 Å². The van der Waals surface area contributed by atoms with Crippen molar-refractivity contribution in [2.24, 2.45) is 0 Å². The van der Waals surface area contributed by atoms with E-state index in [1.807, 2.05) is 81.4 Å². The number of hydrogen-bond acceptors (Lipinski definition) is 4. The van der Waals surface area contributed by atoms with Crippen LogP contribution < -0.4 is 10.6 Å². The van der Waals surface area contributed by atoms with Crippen molar-refractivity contribution in [3.05, 3.63) is 71.8 Å². The average molecular weight is 452 g/mol. The zero-order chi connectivity index (χ0) is 24.0. The zero-order valence-electron chi connectivity index (χ0n) is 19.7. The second-order valence-corrected chi connectivity index (χ2v) is 9.43. The Kier molecular flexibility index (Phi) is 7.87. The maximum atomic E-state index is 13.5. The van der Waals surface area contributed by atoms with Gasteiger partial charge in [-0.3, -0.25) is 14.4 Å². The van der Waals surface area contributed by atoms with Gasteiger partial charge in [-0.15, -0.1) is 0 Å². The van der Waals surface area contributed by atoms with Gasteiger partial charge in [0.15, 0.2) is 0 Å². The van der Waals surface area contributed by atoms with Crippen LogP contribution in [0.5, 0.6) is 0 Å². The minimum atomic E-state index is -0.931. The Morgan fingerprint density at radius 2 is 1.61 bits per heavy atom. The van der Waals surface area contributed by atoms with Crippen LogP contribution in [0.2, 0.25) is 0 Å². The number of nitrogens with one attached hydrogen (secondary N) is 2. The Morgan fingerprint density at radius 1 is 1.03 bits per heavy atom. The van der Waals surface area contributed by atoms with Gasteiger partial charge in [-0.2, -0.15) is 0 Å². The molecule has 0 bridgehead atoms. The molecule has 2 N–H and O–H groups in total. The highest BCUT2D eigenvalue weighted by Crippen LogP contribution is 2.19. The van der Waals surface area contributed by atoms with Crippen molar-refractivity contribution in [2.45, 2.75) is 64.4 Å². The summed E-state index contributed by atoms with van der Waals surface area (Å²) in [6.07, 6.45) is 0.354. The van der Waals surface area contributed by atoms with E-state index in [2.05, 4.69) is 10.6 Å². The molecular weight excluding hydrogens is 418 g/mol. The van der Waals surface area contributed by atoms with Crippen LogP contribution in [0.4, 0.5) is 0 Å². The van der Waals surface area contributed by atoms with Crippen LogP contribution in [-0.2, 0) is 32.1 Å². The van der Waals surface area contributed by atoms with E-state index in [-0.39, 0.29) is 24.3 Å². The van der Waals surface area contributed by atoms with Crippen molar-refractivity contribution in [2.75, 3.05) is 6.61 Å². The van der Waals surface area contributed by atoms with Gasteiger partial charge in [-0.05, 0) is 38.8 Å². The molecule has 2 aromatic carbocycles. The number of rotatable bonds is 8. The summed E-state index contributed by atoms with van der Waals surface area (Å²) in [4.78, 5) is 40.9. The lowest BCUT2D eigenvalue weighted by molar-refractivity contribution is -0.157. The fraction of sp³-hybridized carbons (Fsp3) is 0.423. The molecule has 1 fully saturated rings. The molecule has 1 heterocycles. The summed E-state index contributed by atoms with van der Waals surface area (Å²) in [5, 5.41) is 5.76. The maximum absolute atomic E-state index is 13.5. The summed E-state index contributed by atoms with van der Waals surface area (Å²) < 4.78 is 5.87. The lowest BCUT2D eigenvalue weighted by atomic mass is 9.98. The number of ether oxygens (including phenoxy) is 1. The maximum Gasteiger partial charge on any atom is 0.246 e. The van der Waals surface area contributed by atoms with Crippen molar-refractivity contribution in [3.63, 3.8) is 0 Å². The first-order valence-corrected chi connectivity index (χ1v) is 11.3. The normalized spacial score (nSPS) is 19.7. The van der Waals surface area contributed by atoms with E-state index < -0.39 is 23.7 Å². The predicted molar refractivity (Wildman–Crippen MR) is 126 cm³/mol. The highest BCUT2D eigenvalue weighted by molar-refractivity contribution is 5.99. The molecule has 3 rings (SSSR count). The van der Waals surface area contributed by atoms with Gasteiger partial charge in [0.2, 0.25) is 17.7 Å². The van der Waals surface area contributed by atoms with Gasteiger partial charge in [0.1, 0.15) is 18.1 Å². The van der Waals surface area contributed by atoms with Crippen LogP contribution in [0.25, 0.3) is 0 Å². The van der Waals surface area contributed by atoms with Crippen molar-refractivity contribution < 1.29 is 19.1 Å². The molecule has 1 aliphatic heterocycles. The lowest BCUT2D eigenvalue weighted by Crippen LogP contribution is -2.68. The van der Waals surface area contributed by atoms with Gasteiger partial charge in [0.05, 0.1) is 13.2 Å². The van der Waals surface area contributed by atoms with Crippen molar-refractivity contribution in [3.8, 4) is 0 Å². The van der Waals surface area contributed by atoms with Crippen LogP contribution in [0, 0.1) is 0 Å². The zero-order valence-corrected chi connectivity index (χ0v) is 19.7. The molecule has 0 aliphatic carbocycles. The molecule has 1 saturated heterocycles. The molecular formula is C26H33N3O4. The molecule has 2 aromatic rings. The first-order valence-electron chi connectivity index (χ1n) is 11.3. The number of carbonyl (C=O) groups is 3. The third kappa shape index (κ3) is 6.65. The summed E-state index contributed by atoms with van der Waals surface area (Å²) in [5.74, 6) is -0.917. The van der Waals surface area contributed by atoms with Crippen LogP contribution in [-0.4, -0.2) is 52.9 Å². The molecule has 176 valence electrons. The Bertz CT molecular complexity index is 957. The van der Waals surface area contributed by atoms with Crippen LogP contribution in [0.3, 0.4) is 0 Å². The Balaban J connectivity index is 1.82. The fourth-order valence-electron chi connectivity index (χ4n) is 3.86. The smallest absolute Gasteiger partial charge is 0.246 e. The second kappa shape index (κ2) is 10.6. The minimum absolute atomic E-state index is 0.0157. The quantitative estimate of drug-likeness (QED) is 0.645. The largest absolute Gasteiger partial charge is 0.374 e. The Morgan fingerprint density at radius 3 is 2.18 bits per heavy atom. The Hall–Kier alpha value is -3.19. The standard InChI is InChI=1S/C26H33N3O4/c1-18-23(30)27-21(15-19-11-7-5-8-12-19)25(32)29(18)22(24(31)28-26(2,3)4)17-33-16-20-13-9-6-10-14-20/h5-14,18,21-22H,15-17H2,1-4H3,(H,27,30)(H,28,31)/t18-,21-,22?/m0/s1. The van der Waals surface area contributed by atoms with E-state index in [4.69, 9.17) is 4.74 Å². The number of piperazine rings is 1. The number of nitrogens with zero attached hydrogens (tertiary/aromatic N) is 1. The average Bonchev–Trinajstić information content (AvgIpc) is 2.76. The van der Waals surface area contributed by atoms with Crippen molar-refractivity contribution in [1.82, 2.24) is 15.5 Å². The van der Waals surface area contributed by atoms with E-state index >= 15 is 0 Å². The number of hydrogen-bond donors (Lipinski definition) is 2. The van der Waals surface area contributed by atoms with Crippen molar-refractivity contribution >= 4 is 17.7 Å². The molecule has 0 radical (unpaired) electrons. The first-order chi connectivity index (χ1) is 15.7. The topological polar surface area (TPSA) is 87.7 Å². The summed E-state index contributed by atoms with van der Waals surface area (Å²) >= 11 is 0. The van der Waals surface area contributed by atoms with E-state index in [1.54, 1.807) is 6.92 Å². The fourth-order valence-corrected chi connectivity index (χ4v) is 3.86. The molecule has 7 heteroatoms. The molecule has 33 heavy (non-hydrogen) atoms. The van der Waals surface area contributed by atoms with Gasteiger partial charge in [-0.25, -0.2) is 0 Å². The van der Waals surface area contributed by atoms with Gasteiger partial charge < -0.3 is 20.3 Å². The van der Waals surface area contributed by atoms with Gasteiger partial charge in [0, 0.05) is 12.0 Å². The number of carbonyl (C=O) groups excluding carboxylic acids is 3. The molecule has 1 aliphatic rings. The predicted octanol–water partition coefficient (Wildman–Crippen LogP) is 2.44. The van der Waals surface area contributed by atoms with Crippen molar-refractivity contribution in [1.29, 1.82) is 0 Å². The third-order valence-corrected chi connectivity index (χ3v) is 5.47. The third-order valence-electron chi connectivity index (χ3n) is 5.47.